The third kappa shape index (κ3) is 13.1. The number of likely N-dealkylation sites (N-methyl/N-ethyl adjacent to an activating group) is 2. The number of anilines is 3. The summed E-state index contributed by atoms with van der Waals surface area (Å²) in [6, 6.07) is 17.8. The molecule has 11 nitrogen and oxygen atoms in total. The van der Waals surface area contributed by atoms with Gasteiger partial charge in [0, 0.05) is 54.5 Å². The lowest BCUT2D eigenvalue weighted by molar-refractivity contribution is -0.138. The molecule has 2 atom stereocenters. The minimum atomic E-state index is -4.62. The number of nitrogens with one attached hydrogen (secondary N) is 3. The van der Waals surface area contributed by atoms with E-state index in [1.165, 1.54) is 54.9 Å². The van der Waals surface area contributed by atoms with Crippen molar-refractivity contribution in [2.24, 2.45) is 0 Å². The third-order valence-corrected chi connectivity index (χ3v) is 10.6. The SMILES string of the molecule is CN1CCCC1COc1cc(NC(=O)c2cccnc2F)cc(C(F)(F)F)c1.CN1CCC[C@H]1COc1cc(NC(=O)c2cccnc2NCc2ccc(F)cc2)cc(C(F)(F)F)c1. The van der Waals surface area contributed by atoms with E-state index in [2.05, 4.69) is 35.7 Å². The summed E-state index contributed by atoms with van der Waals surface area (Å²) in [7, 11) is 3.88. The van der Waals surface area contributed by atoms with E-state index in [0.717, 1.165) is 68.6 Å². The number of halogens is 8. The zero-order valence-corrected chi connectivity index (χ0v) is 34.7. The summed E-state index contributed by atoms with van der Waals surface area (Å²) in [6.45, 7) is 2.59. The molecule has 1 unspecified atom stereocenters. The maximum Gasteiger partial charge on any atom is 0.416 e. The van der Waals surface area contributed by atoms with E-state index in [1.807, 2.05) is 14.1 Å². The van der Waals surface area contributed by atoms with E-state index in [1.54, 1.807) is 18.2 Å². The van der Waals surface area contributed by atoms with Crippen LogP contribution in [-0.2, 0) is 18.9 Å². The van der Waals surface area contributed by atoms with Crippen LogP contribution in [0.2, 0.25) is 0 Å². The molecule has 19 heteroatoms. The van der Waals surface area contributed by atoms with Crippen LogP contribution in [0.4, 0.5) is 52.3 Å². The number of alkyl halides is 6. The van der Waals surface area contributed by atoms with Crippen LogP contribution in [0.25, 0.3) is 0 Å². The number of hydrogen-bond acceptors (Lipinski definition) is 9. The fourth-order valence-electron chi connectivity index (χ4n) is 7.07. The predicted octanol–water partition coefficient (Wildman–Crippen LogP) is 9.54. The molecule has 2 fully saturated rings. The van der Waals surface area contributed by atoms with Gasteiger partial charge in [-0.3, -0.25) is 9.59 Å². The molecule has 64 heavy (non-hydrogen) atoms. The number of rotatable bonds is 13. The number of aromatic nitrogens is 2. The highest BCUT2D eigenvalue weighted by molar-refractivity contribution is 6.07. The van der Waals surface area contributed by atoms with Gasteiger partial charge in [-0.2, -0.15) is 30.7 Å². The second-order valence-corrected chi connectivity index (χ2v) is 15.3. The van der Waals surface area contributed by atoms with Crippen molar-refractivity contribution >= 4 is 29.0 Å². The first-order valence-electron chi connectivity index (χ1n) is 20.2. The first-order chi connectivity index (χ1) is 30.4. The van der Waals surface area contributed by atoms with Gasteiger partial charge in [-0.05, 0) is 119 Å². The fourth-order valence-corrected chi connectivity index (χ4v) is 7.07. The van der Waals surface area contributed by atoms with Crippen LogP contribution in [0.15, 0.2) is 97.3 Å². The van der Waals surface area contributed by atoms with Crippen LogP contribution in [0.3, 0.4) is 0 Å². The van der Waals surface area contributed by atoms with E-state index >= 15 is 0 Å². The maximum atomic E-state index is 13.6. The molecule has 0 bridgehead atoms. The molecular weight excluding hydrogens is 855 g/mol. The summed E-state index contributed by atoms with van der Waals surface area (Å²) < 4.78 is 118. The van der Waals surface area contributed by atoms with Crippen molar-refractivity contribution in [1.82, 2.24) is 19.8 Å². The first kappa shape index (κ1) is 47.1. The number of carbonyl (C=O) groups is 2. The lowest BCUT2D eigenvalue weighted by Crippen LogP contribution is -2.30. The summed E-state index contributed by atoms with van der Waals surface area (Å²) >= 11 is 0. The average Bonchev–Trinajstić information content (AvgIpc) is 3.87. The molecule has 4 heterocycles. The number of ether oxygens (including phenoxy) is 2. The van der Waals surface area contributed by atoms with Gasteiger partial charge in [0.1, 0.15) is 36.3 Å². The van der Waals surface area contributed by atoms with Gasteiger partial charge in [0.25, 0.3) is 11.8 Å². The highest BCUT2D eigenvalue weighted by Crippen LogP contribution is 2.36. The number of likely N-dealkylation sites (tertiary alicyclic amines) is 2. The third-order valence-electron chi connectivity index (χ3n) is 10.6. The number of nitrogens with zero attached hydrogens (tertiary/aromatic N) is 4. The second-order valence-electron chi connectivity index (χ2n) is 15.3. The number of hydrogen-bond donors (Lipinski definition) is 3. The molecule has 2 amide bonds. The number of benzene rings is 3. The molecule has 2 saturated heterocycles. The fraction of sp³-hybridized carbons (Fsp3) is 0.333. The molecule has 0 aliphatic carbocycles. The molecule has 2 aliphatic heterocycles. The molecule has 3 aromatic carbocycles. The molecule has 2 aromatic heterocycles. The lowest BCUT2D eigenvalue weighted by atomic mass is 10.1. The molecule has 3 N–H and O–H groups in total. The van der Waals surface area contributed by atoms with Gasteiger partial charge in [-0.1, -0.05) is 12.1 Å². The van der Waals surface area contributed by atoms with Crippen molar-refractivity contribution in [2.45, 2.75) is 56.7 Å². The molecule has 5 aromatic rings. The Morgan fingerprint density at radius 3 is 1.62 bits per heavy atom. The maximum absolute atomic E-state index is 13.6. The zero-order valence-electron chi connectivity index (χ0n) is 34.7. The lowest BCUT2D eigenvalue weighted by Gasteiger charge is -2.20. The number of carbonyl (C=O) groups excluding carboxylic acids is 2. The molecule has 0 saturated carbocycles. The molecular formula is C45H45F8N7O4. The molecule has 0 spiro atoms. The van der Waals surface area contributed by atoms with Crippen LogP contribution >= 0.6 is 0 Å². The van der Waals surface area contributed by atoms with Gasteiger partial charge in [0.05, 0.1) is 22.3 Å². The van der Waals surface area contributed by atoms with Gasteiger partial charge in [0.2, 0.25) is 5.95 Å². The minimum Gasteiger partial charge on any atom is -0.492 e. The van der Waals surface area contributed by atoms with Crippen molar-refractivity contribution < 1.29 is 54.2 Å². The number of pyridine rings is 2. The van der Waals surface area contributed by atoms with E-state index in [4.69, 9.17) is 9.47 Å². The van der Waals surface area contributed by atoms with E-state index in [0.29, 0.717) is 0 Å². The quantitative estimate of drug-likeness (QED) is 0.0784. The van der Waals surface area contributed by atoms with Crippen LogP contribution in [0, 0.1) is 11.8 Å². The van der Waals surface area contributed by atoms with Crippen LogP contribution < -0.4 is 25.4 Å². The number of amides is 2. The summed E-state index contributed by atoms with van der Waals surface area (Å²) in [5.41, 5.74) is -1.53. The Bertz CT molecular complexity index is 2380. The van der Waals surface area contributed by atoms with Gasteiger partial charge in [-0.15, -0.1) is 0 Å². The molecule has 0 radical (unpaired) electrons. The second kappa shape index (κ2) is 20.9. The molecule has 7 rings (SSSR count). The summed E-state index contributed by atoms with van der Waals surface area (Å²) in [5.74, 6) is -2.65. The zero-order chi connectivity index (χ0) is 46.0. The van der Waals surface area contributed by atoms with Crippen molar-refractivity contribution in [3.8, 4) is 11.5 Å². The first-order valence-corrected chi connectivity index (χ1v) is 20.2. The highest BCUT2D eigenvalue weighted by atomic mass is 19.4. The minimum absolute atomic E-state index is 0.0166. The van der Waals surface area contributed by atoms with E-state index in [-0.39, 0.29) is 77.5 Å². The van der Waals surface area contributed by atoms with Gasteiger partial charge in [-0.25, -0.2) is 14.4 Å². The van der Waals surface area contributed by atoms with Crippen LogP contribution in [-0.4, -0.2) is 84.1 Å². The van der Waals surface area contributed by atoms with Crippen molar-refractivity contribution in [3.05, 3.63) is 137 Å². The van der Waals surface area contributed by atoms with Gasteiger partial charge < -0.3 is 35.2 Å². The van der Waals surface area contributed by atoms with E-state index in [9.17, 15) is 44.7 Å². The Morgan fingerprint density at radius 2 is 1.16 bits per heavy atom. The molecule has 2 aliphatic rings. The van der Waals surface area contributed by atoms with Crippen LogP contribution in [0.5, 0.6) is 11.5 Å². The normalized spacial score (nSPS) is 16.7. The van der Waals surface area contributed by atoms with Crippen molar-refractivity contribution in [1.29, 1.82) is 0 Å². The Morgan fingerprint density at radius 1 is 0.672 bits per heavy atom. The van der Waals surface area contributed by atoms with Gasteiger partial charge >= 0.3 is 12.4 Å². The smallest absolute Gasteiger partial charge is 0.416 e. The average molecular weight is 900 g/mol. The van der Waals surface area contributed by atoms with Gasteiger partial charge in [0.15, 0.2) is 0 Å². The van der Waals surface area contributed by atoms with Crippen molar-refractivity contribution in [3.63, 3.8) is 0 Å². The van der Waals surface area contributed by atoms with Crippen LogP contribution in [0.1, 0.15) is 63.1 Å². The largest absolute Gasteiger partial charge is 0.492 e. The standard InChI is InChI=1S/C26H26F4N4O2.C19H19F4N3O2/c1-34-11-3-4-21(34)16-36-22-13-18(26(28,29)30)12-20(14-22)33-25(35)23-5-2-10-31-24(23)32-15-17-6-8-19(27)9-7-17;1-26-7-3-4-14(26)11-28-15-9-12(19(21,22)23)8-13(10-15)25-18(27)16-5-2-6-24-17(16)20/h2,5-10,12-14,21H,3-4,11,15-16H2,1H3,(H,31,32)(H,33,35);2,5-6,8-10,14H,3-4,7,11H2,1H3,(H,25,27)/t21-;/m0./s1. The summed E-state index contributed by atoms with van der Waals surface area (Å²) in [5, 5.41) is 7.83. The Hall–Kier alpha value is -6.34. The molecule has 340 valence electrons. The monoisotopic (exact) mass is 899 g/mol. The topological polar surface area (TPSA) is 121 Å². The summed E-state index contributed by atoms with van der Waals surface area (Å²) in [6.07, 6.45) is -2.75. The predicted molar refractivity (Wildman–Crippen MR) is 223 cm³/mol. The van der Waals surface area contributed by atoms with Crippen molar-refractivity contribution in [2.75, 3.05) is 56.3 Å². The highest BCUT2D eigenvalue weighted by Gasteiger charge is 2.33. The van der Waals surface area contributed by atoms with E-state index < -0.39 is 41.2 Å². The Balaban J connectivity index is 0.000000219. The Labute approximate surface area is 363 Å². The Kier molecular flexibility index (Phi) is 15.4. The summed E-state index contributed by atoms with van der Waals surface area (Å²) in [4.78, 5) is 36.9.